The third-order valence-electron chi connectivity index (χ3n) is 4.24. The molecule has 0 bridgehead atoms. The maximum atomic E-state index is 13.6. The summed E-state index contributed by atoms with van der Waals surface area (Å²) in [5, 5.41) is 7.31. The van der Waals surface area contributed by atoms with Crippen LogP contribution in [0.4, 0.5) is 4.39 Å². The summed E-state index contributed by atoms with van der Waals surface area (Å²) in [6.45, 7) is 4.75. The number of hydrogen-bond acceptors (Lipinski definition) is 5. The molecule has 3 rings (SSSR count). The number of amidine groups is 1. The van der Waals surface area contributed by atoms with E-state index in [1.807, 2.05) is 19.1 Å². The van der Waals surface area contributed by atoms with Crippen LogP contribution in [0.5, 0.6) is 17.4 Å². The molecule has 0 unspecified atom stereocenters. The number of benzene rings is 1. The monoisotopic (exact) mass is 411 g/mol. The van der Waals surface area contributed by atoms with Crippen molar-refractivity contribution in [1.29, 1.82) is 5.41 Å². The standard InChI is InChI=1S/C23H26FN3O3/c1-15-10-19(29-14-23(2,3)24)12-27-21(15)30-20-9-8-17(7-6-16-4-5-16)11-18(20)13-28-22(25)26/h8-12,16H,4-5,13-14H2,1-3H3,(H3,25,26). The van der Waals surface area contributed by atoms with Crippen LogP contribution in [0.15, 0.2) is 30.5 Å². The molecule has 1 heterocycles. The molecule has 7 heteroatoms. The number of nitrogens with one attached hydrogen (secondary N) is 1. The molecule has 2 aromatic rings. The Balaban J connectivity index is 1.78. The van der Waals surface area contributed by atoms with E-state index < -0.39 is 5.67 Å². The van der Waals surface area contributed by atoms with Gasteiger partial charge in [-0.1, -0.05) is 11.8 Å². The maximum absolute atomic E-state index is 13.6. The van der Waals surface area contributed by atoms with Crippen molar-refractivity contribution in [3.63, 3.8) is 0 Å². The molecule has 1 aromatic heterocycles. The molecule has 158 valence electrons. The highest BCUT2D eigenvalue weighted by molar-refractivity contribution is 5.67. The van der Waals surface area contributed by atoms with Crippen molar-refractivity contribution >= 4 is 6.02 Å². The lowest BCUT2D eigenvalue weighted by atomic mass is 10.1. The Labute approximate surface area is 176 Å². The van der Waals surface area contributed by atoms with Crippen molar-refractivity contribution in [1.82, 2.24) is 4.98 Å². The van der Waals surface area contributed by atoms with Crippen molar-refractivity contribution in [3.8, 4) is 29.2 Å². The van der Waals surface area contributed by atoms with Gasteiger partial charge in [-0.2, -0.15) is 0 Å². The first-order chi connectivity index (χ1) is 14.2. The second-order valence-corrected chi connectivity index (χ2v) is 7.92. The summed E-state index contributed by atoms with van der Waals surface area (Å²) >= 11 is 0. The molecule has 1 aromatic carbocycles. The number of hydrogen-bond donors (Lipinski definition) is 2. The Hall–Kier alpha value is -3.27. The van der Waals surface area contributed by atoms with E-state index in [0.717, 1.165) is 24.0 Å². The van der Waals surface area contributed by atoms with Crippen LogP contribution in [-0.4, -0.2) is 23.3 Å². The van der Waals surface area contributed by atoms with E-state index in [4.69, 9.17) is 25.4 Å². The highest BCUT2D eigenvalue weighted by Gasteiger charge is 2.18. The fourth-order valence-corrected chi connectivity index (χ4v) is 2.52. The summed E-state index contributed by atoms with van der Waals surface area (Å²) in [7, 11) is 0. The van der Waals surface area contributed by atoms with Gasteiger partial charge in [0.05, 0.1) is 6.20 Å². The minimum absolute atomic E-state index is 0.0653. The second kappa shape index (κ2) is 9.04. The number of nitrogens with two attached hydrogens (primary N) is 1. The molecule has 0 saturated heterocycles. The Morgan fingerprint density at radius 3 is 2.73 bits per heavy atom. The van der Waals surface area contributed by atoms with Gasteiger partial charge in [-0.05, 0) is 57.9 Å². The zero-order chi connectivity index (χ0) is 21.7. The van der Waals surface area contributed by atoms with E-state index in [2.05, 4.69) is 16.8 Å². The van der Waals surface area contributed by atoms with Gasteiger partial charge < -0.3 is 19.9 Å². The van der Waals surface area contributed by atoms with Gasteiger partial charge in [-0.3, -0.25) is 5.41 Å². The molecule has 6 nitrogen and oxygen atoms in total. The molecule has 0 amide bonds. The van der Waals surface area contributed by atoms with Crippen LogP contribution in [0.3, 0.4) is 0 Å². The smallest absolute Gasteiger partial charge is 0.279 e. The number of alkyl halides is 1. The van der Waals surface area contributed by atoms with Gasteiger partial charge in [-0.25, -0.2) is 9.37 Å². The molecule has 1 fully saturated rings. The number of aryl methyl sites for hydroxylation is 1. The predicted molar refractivity (Wildman–Crippen MR) is 112 cm³/mol. The first-order valence-electron chi connectivity index (χ1n) is 9.77. The first kappa shape index (κ1) is 21.4. The van der Waals surface area contributed by atoms with Crippen LogP contribution in [0.1, 0.15) is 43.4 Å². The molecule has 3 N–H and O–H groups in total. The van der Waals surface area contributed by atoms with E-state index in [1.165, 1.54) is 20.0 Å². The number of rotatable bonds is 7. The number of nitrogens with zero attached hydrogens (tertiary/aromatic N) is 1. The highest BCUT2D eigenvalue weighted by atomic mass is 19.1. The molecule has 0 atom stereocenters. The third kappa shape index (κ3) is 6.66. The summed E-state index contributed by atoms with van der Waals surface area (Å²) in [6, 6.07) is 6.91. The Morgan fingerprint density at radius 1 is 1.33 bits per heavy atom. The number of ether oxygens (including phenoxy) is 3. The van der Waals surface area contributed by atoms with E-state index >= 15 is 0 Å². The number of pyridine rings is 1. The molecule has 1 aliphatic carbocycles. The predicted octanol–water partition coefficient (Wildman–Crippen LogP) is 4.48. The molecule has 30 heavy (non-hydrogen) atoms. The fraction of sp³-hybridized carbons (Fsp3) is 0.391. The lowest BCUT2D eigenvalue weighted by molar-refractivity contribution is 0.120. The van der Waals surface area contributed by atoms with Gasteiger partial charge in [0.15, 0.2) is 0 Å². The molecule has 1 saturated carbocycles. The quantitative estimate of drug-likeness (QED) is 0.398. The Kier molecular flexibility index (Phi) is 6.46. The van der Waals surface area contributed by atoms with Crippen molar-refractivity contribution in [2.75, 3.05) is 6.61 Å². The van der Waals surface area contributed by atoms with Gasteiger partial charge in [0.1, 0.15) is 30.4 Å². The van der Waals surface area contributed by atoms with Gasteiger partial charge >= 0.3 is 0 Å². The van der Waals surface area contributed by atoms with Crippen molar-refractivity contribution in [2.24, 2.45) is 11.7 Å². The second-order valence-electron chi connectivity index (χ2n) is 7.92. The van der Waals surface area contributed by atoms with E-state index in [1.54, 1.807) is 12.1 Å². The molecular formula is C23H26FN3O3. The number of halogens is 1. The Bertz CT molecular complexity index is 985. The molecular weight excluding hydrogens is 385 g/mol. The Morgan fingerprint density at radius 2 is 2.10 bits per heavy atom. The average molecular weight is 411 g/mol. The van der Waals surface area contributed by atoms with E-state index in [9.17, 15) is 4.39 Å². The maximum Gasteiger partial charge on any atom is 0.279 e. The summed E-state index contributed by atoms with van der Waals surface area (Å²) in [5.74, 6) is 8.27. The van der Waals surface area contributed by atoms with E-state index in [0.29, 0.717) is 28.9 Å². The third-order valence-corrected chi connectivity index (χ3v) is 4.24. The largest absolute Gasteiger partial charge is 0.489 e. The highest BCUT2D eigenvalue weighted by Crippen LogP contribution is 2.30. The normalized spacial score (nSPS) is 13.2. The fourth-order valence-electron chi connectivity index (χ4n) is 2.52. The lowest BCUT2D eigenvalue weighted by Crippen LogP contribution is -2.22. The van der Waals surface area contributed by atoms with Gasteiger partial charge in [0.2, 0.25) is 5.88 Å². The molecule has 0 radical (unpaired) electrons. The van der Waals surface area contributed by atoms with Crippen LogP contribution in [0.2, 0.25) is 0 Å². The van der Waals surface area contributed by atoms with E-state index in [-0.39, 0.29) is 19.2 Å². The van der Waals surface area contributed by atoms with Gasteiger partial charge in [0.25, 0.3) is 6.02 Å². The summed E-state index contributed by atoms with van der Waals surface area (Å²) in [6.07, 6.45) is 3.80. The van der Waals surface area contributed by atoms with Crippen molar-refractivity contribution in [2.45, 2.75) is 45.9 Å². The van der Waals surface area contributed by atoms with Gasteiger partial charge in [0, 0.05) is 22.6 Å². The van der Waals surface area contributed by atoms with Crippen LogP contribution in [0.25, 0.3) is 0 Å². The average Bonchev–Trinajstić information content (AvgIpc) is 3.50. The molecule has 0 aliphatic heterocycles. The topological polar surface area (TPSA) is 90.5 Å². The molecule has 1 aliphatic rings. The lowest BCUT2D eigenvalue weighted by Gasteiger charge is -2.16. The number of aromatic nitrogens is 1. The summed E-state index contributed by atoms with van der Waals surface area (Å²) in [4.78, 5) is 4.30. The SMILES string of the molecule is Cc1cc(OCC(C)(C)F)cnc1Oc1ccc(C#CC2CC2)cc1COC(=N)N. The van der Waals surface area contributed by atoms with Crippen molar-refractivity contribution in [3.05, 3.63) is 47.2 Å². The van der Waals surface area contributed by atoms with Crippen LogP contribution in [0, 0.1) is 30.1 Å². The summed E-state index contributed by atoms with van der Waals surface area (Å²) in [5.41, 5.74) is 6.18. The van der Waals surface area contributed by atoms with Crippen LogP contribution in [-0.2, 0) is 11.3 Å². The van der Waals surface area contributed by atoms with Crippen molar-refractivity contribution < 1.29 is 18.6 Å². The summed E-state index contributed by atoms with van der Waals surface area (Å²) < 4.78 is 30.2. The van der Waals surface area contributed by atoms with Gasteiger partial charge in [-0.15, -0.1) is 0 Å². The van der Waals surface area contributed by atoms with Crippen LogP contribution < -0.4 is 15.2 Å². The minimum atomic E-state index is -1.43. The first-order valence-corrected chi connectivity index (χ1v) is 9.77. The zero-order valence-electron chi connectivity index (χ0n) is 17.4. The zero-order valence-corrected chi connectivity index (χ0v) is 17.4. The minimum Gasteiger partial charge on any atom is -0.489 e. The molecule has 0 spiro atoms. The van der Waals surface area contributed by atoms with Crippen LogP contribution >= 0.6 is 0 Å².